The molecule has 1 aromatic rings. The third kappa shape index (κ3) is 2.98. The standard InChI is InChI=1S/C15H16N2O5/c1-2-3-8-16-12(18)9-13(19)17(15(16)22)11-6-4-10(5-7-11)14(20)21/h4-7H,2-3,8-9H2,1H3,(H,20,21). The quantitative estimate of drug-likeness (QED) is 0.838. The van der Waals surface area contributed by atoms with E-state index in [9.17, 15) is 19.2 Å². The van der Waals surface area contributed by atoms with Crippen LogP contribution in [0, 0.1) is 0 Å². The molecule has 7 nitrogen and oxygen atoms in total. The Morgan fingerprint density at radius 1 is 1.14 bits per heavy atom. The maximum atomic E-state index is 12.4. The van der Waals surface area contributed by atoms with Gasteiger partial charge < -0.3 is 5.11 Å². The van der Waals surface area contributed by atoms with Gasteiger partial charge in [0.2, 0.25) is 11.8 Å². The van der Waals surface area contributed by atoms with Crippen LogP contribution in [0.3, 0.4) is 0 Å². The maximum Gasteiger partial charge on any atom is 0.338 e. The van der Waals surface area contributed by atoms with E-state index in [1.54, 1.807) is 0 Å². The van der Waals surface area contributed by atoms with Gasteiger partial charge in [-0.1, -0.05) is 13.3 Å². The smallest absolute Gasteiger partial charge is 0.338 e. The number of barbiturate groups is 1. The van der Waals surface area contributed by atoms with Gasteiger partial charge in [-0.05, 0) is 30.7 Å². The first kappa shape index (κ1) is 15.7. The predicted molar refractivity (Wildman–Crippen MR) is 77.5 cm³/mol. The van der Waals surface area contributed by atoms with Crippen molar-refractivity contribution in [3.8, 4) is 0 Å². The number of carbonyl (C=O) groups is 4. The number of benzene rings is 1. The molecule has 1 heterocycles. The number of hydrogen-bond donors (Lipinski definition) is 1. The van der Waals surface area contributed by atoms with Gasteiger partial charge in [0.05, 0.1) is 11.3 Å². The molecular weight excluding hydrogens is 288 g/mol. The van der Waals surface area contributed by atoms with Crippen LogP contribution in [0.5, 0.6) is 0 Å². The topological polar surface area (TPSA) is 95.0 Å². The predicted octanol–water partition coefficient (Wildman–Crippen LogP) is 1.87. The SMILES string of the molecule is CCCCN1C(=O)CC(=O)N(c2ccc(C(=O)O)cc2)C1=O. The van der Waals surface area contributed by atoms with Crippen molar-refractivity contribution in [3.05, 3.63) is 29.8 Å². The zero-order chi connectivity index (χ0) is 16.3. The summed E-state index contributed by atoms with van der Waals surface area (Å²) in [7, 11) is 0. The monoisotopic (exact) mass is 304 g/mol. The normalized spacial score (nSPS) is 15.4. The Morgan fingerprint density at radius 2 is 1.77 bits per heavy atom. The molecule has 1 aliphatic heterocycles. The van der Waals surface area contributed by atoms with Gasteiger partial charge in [-0.3, -0.25) is 14.5 Å². The van der Waals surface area contributed by atoms with Crippen molar-refractivity contribution in [1.82, 2.24) is 4.90 Å². The molecule has 2 rings (SSSR count). The van der Waals surface area contributed by atoms with Crippen LogP contribution in [-0.4, -0.2) is 40.4 Å². The first-order valence-corrected chi connectivity index (χ1v) is 6.96. The van der Waals surface area contributed by atoms with Gasteiger partial charge in [0.1, 0.15) is 6.42 Å². The van der Waals surface area contributed by atoms with Crippen LogP contribution in [0.1, 0.15) is 36.5 Å². The van der Waals surface area contributed by atoms with E-state index in [0.717, 1.165) is 16.2 Å². The number of urea groups is 1. The molecule has 0 atom stereocenters. The Balaban J connectivity index is 2.27. The maximum absolute atomic E-state index is 12.4. The molecule has 0 unspecified atom stereocenters. The fourth-order valence-corrected chi connectivity index (χ4v) is 2.18. The fourth-order valence-electron chi connectivity index (χ4n) is 2.18. The van der Waals surface area contributed by atoms with E-state index in [2.05, 4.69) is 0 Å². The second kappa shape index (κ2) is 6.38. The molecular formula is C15H16N2O5. The number of imide groups is 2. The number of unbranched alkanes of at least 4 members (excludes halogenated alkanes) is 1. The highest BCUT2D eigenvalue weighted by Crippen LogP contribution is 2.22. The van der Waals surface area contributed by atoms with Gasteiger partial charge in [0.15, 0.2) is 0 Å². The van der Waals surface area contributed by atoms with Crippen LogP contribution in [0.25, 0.3) is 0 Å². The van der Waals surface area contributed by atoms with Gasteiger partial charge in [-0.25, -0.2) is 14.5 Å². The third-order valence-electron chi connectivity index (χ3n) is 3.38. The molecule has 1 N–H and O–H groups in total. The molecule has 0 spiro atoms. The van der Waals surface area contributed by atoms with E-state index >= 15 is 0 Å². The minimum atomic E-state index is -1.09. The number of aromatic carboxylic acids is 1. The Bertz CT molecular complexity index is 623. The third-order valence-corrected chi connectivity index (χ3v) is 3.38. The number of carboxylic acids is 1. The molecule has 0 saturated carbocycles. The molecule has 1 aliphatic rings. The van der Waals surface area contributed by atoms with Crippen molar-refractivity contribution in [1.29, 1.82) is 0 Å². The lowest BCUT2D eigenvalue weighted by molar-refractivity contribution is -0.134. The van der Waals surface area contributed by atoms with Gasteiger partial charge in [-0.2, -0.15) is 0 Å². The average Bonchev–Trinajstić information content (AvgIpc) is 2.47. The molecule has 1 fully saturated rings. The van der Waals surface area contributed by atoms with Crippen LogP contribution in [-0.2, 0) is 9.59 Å². The second-order valence-electron chi connectivity index (χ2n) is 4.94. The van der Waals surface area contributed by atoms with Crippen molar-refractivity contribution in [3.63, 3.8) is 0 Å². The highest BCUT2D eigenvalue weighted by molar-refractivity contribution is 6.26. The van der Waals surface area contributed by atoms with E-state index in [1.807, 2.05) is 6.92 Å². The van der Waals surface area contributed by atoms with E-state index in [4.69, 9.17) is 5.11 Å². The summed E-state index contributed by atoms with van der Waals surface area (Å²) in [5.74, 6) is -2.20. The van der Waals surface area contributed by atoms with Gasteiger partial charge >= 0.3 is 12.0 Å². The number of amides is 4. The minimum Gasteiger partial charge on any atom is -0.478 e. The largest absolute Gasteiger partial charge is 0.478 e. The first-order chi connectivity index (χ1) is 10.5. The molecule has 0 radical (unpaired) electrons. The molecule has 116 valence electrons. The lowest BCUT2D eigenvalue weighted by Crippen LogP contribution is -2.55. The number of anilines is 1. The van der Waals surface area contributed by atoms with Gasteiger partial charge in [0.25, 0.3) is 0 Å². The Kier molecular flexibility index (Phi) is 4.55. The second-order valence-corrected chi connectivity index (χ2v) is 4.94. The highest BCUT2D eigenvalue weighted by Gasteiger charge is 2.38. The summed E-state index contributed by atoms with van der Waals surface area (Å²) in [6, 6.07) is 4.70. The molecule has 0 bridgehead atoms. The van der Waals surface area contributed by atoms with E-state index in [0.29, 0.717) is 6.42 Å². The van der Waals surface area contributed by atoms with Crippen LogP contribution >= 0.6 is 0 Å². The van der Waals surface area contributed by atoms with Gasteiger partial charge in [-0.15, -0.1) is 0 Å². The van der Waals surface area contributed by atoms with E-state index < -0.39 is 23.8 Å². The summed E-state index contributed by atoms with van der Waals surface area (Å²) in [5, 5.41) is 8.86. The molecule has 1 aromatic carbocycles. The van der Waals surface area contributed by atoms with Crippen LogP contribution in [0.4, 0.5) is 10.5 Å². The van der Waals surface area contributed by atoms with Crippen molar-refractivity contribution in [2.75, 3.05) is 11.4 Å². The van der Waals surface area contributed by atoms with Crippen molar-refractivity contribution in [2.24, 2.45) is 0 Å². The summed E-state index contributed by atoms with van der Waals surface area (Å²) < 4.78 is 0. The molecule has 4 amide bonds. The summed E-state index contributed by atoms with van der Waals surface area (Å²) >= 11 is 0. The Labute approximate surface area is 127 Å². The molecule has 0 aromatic heterocycles. The number of carbonyl (C=O) groups excluding carboxylic acids is 3. The molecule has 22 heavy (non-hydrogen) atoms. The van der Waals surface area contributed by atoms with E-state index in [1.165, 1.54) is 24.3 Å². The summed E-state index contributed by atoms with van der Waals surface area (Å²) in [6.45, 7) is 2.21. The summed E-state index contributed by atoms with van der Waals surface area (Å²) in [5.41, 5.74) is 0.313. The van der Waals surface area contributed by atoms with Crippen LogP contribution in [0.2, 0.25) is 0 Å². The van der Waals surface area contributed by atoms with Crippen LogP contribution in [0.15, 0.2) is 24.3 Å². The van der Waals surface area contributed by atoms with Crippen LogP contribution < -0.4 is 4.90 Å². The minimum absolute atomic E-state index is 0.0552. The molecule has 0 aliphatic carbocycles. The number of carboxylic acid groups (broad SMARTS) is 1. The van der Waals surface area contributed by atoms with Gasteiger partial charge in [0, 0.05) is 6.54 Å². The zero-order valence-corrected chi connectivity index (χ0v) is 12.1. The number of rotatable bonds is 5. The van der Waals surface area contributed by atoms with Crippen molar-refractivity contribution >= 4 is 29.5 Å². The molecule has 1 saturated heterocycles. The number of nitrogens with zero attached hydrogens (tertiary/aromatic N) is 2. The Morgan fingerprint density at radius 3 is 2.32 bits per heavy atom. The van der Waals surface area contributed by atoms with Crippen molar-refractivity contribution < 1.29 is 24.3 Å². The van der Waals surface area contributed by atoms with Crippen molar-refractivity contribution in [2.45, 2.75) is 26.2 Å². The fraction of sp³-hybridized carbons (Fsp3) is 0.333. The Hall–Kier alpha value is -2.70. The van der Waals surface area contributed by atoms with E-state index in [-0.39, 0.29) is 24.2 Å². The average molecular weight is 304 g/mol. The lowest BCUT2D eigenvalue weighted by atomic mass is 10.1. The first-order valence-electron chi connectivity index (χ1n) is 6.96. The number of hydrogen-bond acceptors (Lipinski definition) is 4. The summed E-state index contributed by atoms with van der Waals surface area (Å²) in [6.07, 6.45) is 1.12. The lowest BCUT2D eigenvalue weighted by Gasteiger charge is -2.32. The molecule has 7 heteroatoms. The summed E-state index contributed by atoms with van der Waals surface area (Å²) in [4.78, 5) is 49.0. The zero-order valence-electron chi connectivity index (χ0n) is 12.1. The highest BCUT2D eigenvalue weighted by atomic mass is 16.4.